The van der Waals surface area contributed by atoms with Crippen LogP contribution in [0.3, 0.4) is 0 Å². The molecule has 21 heavy (non-hydrogen) atoms. The summed E-state index contributed by atoms with van der Waals surface area (Å²) in [6.45, 7) is 0.460. The predicted molar refractivity (Wildman–Crippen MR) is 79.1 cm³/mol. The molecular weight excluding hydrogens is 270 g/mol. The average molecular weight is 289 g/mol. The SMILES string of the molecule is COCCC(N)C(=O)Nc1ccc2oc(C3CC3)nc2c1. The third-order valence-electron chi connectivity index (χ3n) is 3.57. The van der Waals surface area contributed by atoms with Gasteiger partial charge in [-0.25, -0.2) is 4.98 Å². The average Bonchev–Trinajstić information content (AvgIpc) is 3.24. The van der Waals surface area contributed by atoms with Crippen molar-refractivity contribution in [3.05, 3.63) is 24.1 Å². The molecule has 6 nitrogen and oxygen atoms in total. The molecular formula is C15H19N3O3. The van der Waals surface area contributed by atoms with Gasteiger partial charge in [0.15, 0.2) is 11.5 Å². The van der Waals surface area contributed by atoms with E-state index in [1.165, 1.54) is 0 Å². The van der Waals surface area contributed by atoms with Crippen molar-refractivity contribution < 1.29 is 13.9 Å². The second-order valence-electron chi connectivity index (χ2n) is 5.39. The van der Waals surface area contributed by atoms with Gasteiger partial charge in [0.1, 0.15) is 5.52 Å². The quantitative estimate of drug-likeness (QED) is 0.849. The minimum absolute atomic E-state index is 0.225. The summed E-state index contributed by atoms with van der Waals surface area (Å²) in [6, 6.07) is 4.85. The van der Waals surface area contributed by atoms with Crippen LogP contribution in [-0.4, -0.2) is 30.6 Å². The van der Waals surface area contributed by atoms with Crippen molar-refractivity contribution in [2.24, 2.45) is 5.73 Å². The Morgan fingerprint density at radius 2 is 2.38 bits per heavy atom. The summed E-state index contributed by atoms with van der Waals surface area (Å²) in [4.78, 5) is 16.4. The second-order valence-corrected chi connectivity index (χ2v) is 5.39. The molecule has 0 radical (unpaired) electrons. The van der Waals surface area contributed by atoms with E-state index >= 15 is 0 Å². The number of hydrogen-bond donors (Lipinski definition) is 2. The molecule has 0 saturated heterocycles. The van der Waals surface area contributed by atoms with Gasteiger partial charge in [0.25, 0.3) is 0 Å². The van der Waals surface area contributed by atoms with Gasteiger partial charge >= 0.3 is 0 Å². The zero-order valence-corrected chi connectivity index (χ0v) is 12.0. The lowest BCUT2D eigenvalue weighted by molar-refractivity contribution is -0.117. The van der Waals surface area contributed by atoms with Crippen LogP contribution in [0.15, 0.2) is 22.6 Å². The van der Waals surface area contributed by atoms with E-state index in [1.54, 1.807) is 13.2 Å². The highest BCUT2D eigenvalue weighted by Gasteiger charge is 2.28. The van der Waals surface area contributed by atoms with Crippen LogP contribution < -0.4 is 11.1 Å². The number of ether oxygens (including phenoxy) is 1. The molecule has 3 rings (SSSR count). The standard InChI is InChI=1S/C15H19N3O3/c1-20-7-6-11(16)14(19)17-10-4-5-13-12(8-10)18-15(21-13)9-2-3-9/h4-5,8-9,11H,2-3,6-7,16H2,1H3,(H,17,19). The molecule has 1 saturated carbocycles. The molecule has 1 heterocycles. The third kappa shape index (κ3) is 3.22. The summed E-state index contributed by atoms with van der Waals surface area (Å²) in [5, 5.41) is 2.80. The van der Waals surface area contributed by atoms with Gasteiger partial charge in [0.05, 0.1) is 6.04 Å². The summed E-state index contributed by atoms with van der Waals surface area (Å²) in [7, 11) is 1.58. The van der Waals surface area contributed by atoms with Crippen molar-refractivity contribution in [1.29, 1.82) is 0 Å². The van der Waals surface area contributed by atoms with Crippen molar-refractivity contribution >= 4 is 22.7 Å². The van der Waals surface area contributed by atoms with Gasteiger partial charge in [-0.05, 0) is 37.5 Å². The molecule has 1 fully saturated rings. The highest BCUT2D eigenvalue weighted by atomic mass is 16.5. The number of amides is 1. The minimum atomic E-state index is -0.583. The highest BCUT2D eigenvalue weighted by molar-refractivity contribution is 5.96. The molecule has 1 atom stereocenters. The lowest BCUT2D eigenvalue weighted by Crippen LogP contribution is -2.36. The summed E-state index contributed by atoms with van der Waals surface area (Å²) in [5.74, 6) is 1.04. The van der Waals surface area contributed by atoms with E-state index in [0.29, 0.717) is 24.6 Å². The number of methoxy groups -OCH3 is 1. The molecule has 1 aromatic carbocycles. The maximum absolute atomic E-state index is 11.9. The fourth-order valence-corrected chi connectivity index (χ4v) is 2.14. The number of nitrogens with zero attached hydrogens (tertiary/aromatic N) is 1. The number of rotatable bonds is 6. The Hall–Kier alpha value is -1.92. The van der Waals surface area contributed by atoms with E-state index in [2.05, 4.69) is 10.3 Å². The minimum Gasteiger partial charge on any atom is -0.440 e. The second kappa shape index (κ2) is 5.83. The Morgan fingerprint density at radius 3 is 3.10 bits per heavy atom. The molecule has 0 spiro atoms. The van der Waals surface area contributed by atoms with E-state index in [-0.39, 0.29) is 5.91 Å². The van der Waals surface area contributed by atoms with Crippen LogP contribution in [0.25, 0.3) is 11.1 Å². The third-order valence-corrected chi connectivity index (χ3v) is 3.57. The Bertz CT molecular complexity index is 649. The summed E-state index contributed by atoms with van der Waals surface area (Å²) in [5.41, 5.74) is 7.98. The largest absolute Gasteiger partial charge is 0.440 e. The number of carbonyl (C=O) groups is 1. The van der Waals surface area contributed by atoms with Gasteiger partial charge in [0.2, 0.25) is 5.91 Å². The van der Waals surface area contributed by atoms with Crippen molar-refractivity contribution in [2.45, 2.75) is 31.2 Å². The molecule has 1 amide bonds. The van der Waals surface area contributed by atoms with Crippen LogP contribution in [0.5, 0.6) is 0 Å². The number of oxazole rings is 1. The molecule has 112 valence electrons. The van der Waals surface area contributed by atoms with Gasteiger partial charge in [-0.15, -0.1) is 0 Å². The van der Waals surface area contributed by atoms with Crippen molar-refractivity contribution in [3.63, 3.8) is 0 Å². The lowest BCUT2D eigenvalue weighted by Gasteiger charge is -2.11. The van der Waals surface area contributed by atoms with E-state index in [9.17, 15) is 4.79 Å². The topological polar surface area (TPSA) is 90.4 Å². The van der Waals surface area contributed by atoms with Gasteiger partial charge in [-0.1, -0.05) is 0 Å². The van der Waals surface area contributed by atoms with E-state index in [4.69, 9.17) is 14.9 Å². The molecule has 6 heteroatoms. The Kier molecular flexibility index (Phi) is 3.90. The number of nitrogens with two attached hydrogens (primary N) is 1. The number of nitrogens with one attached hydrogen (secondary N) is 1. The fourth-order valence-electron chi connectivity index (χ4n) is 2.14. The summed E-state index contributed by atoms with van der Waals surface area (Å²) >= 11 is 0. The maximum Gasteiger partial charge on any atom is 0.241 e. The zero-order chi connectivity index (χ0) is 14.8. The highest BCUT2D eigenvalue weighted by Crippen LogP contribution is 2.40. The first-order valence-corrected chi connectivity index (χ1v) is 7.13. The van der Waals surface area contributed by atoms with Crippen molar-refractivity contribution in [3.8, 4) is 0 Å². The van der Waals surface area contributed by atoms with E-state index in [0.717, 1.165) is 29.8 Å². The van der Waals surface area contributed by atoms with Gasteiger partial charge < -0.3 is 20.2 Å². The van der Waals surface area contributed by atoms with Crippen LogP contribution in [-0.2, 0) is 9.53 Å². The first-order chi connectivity index (χ1) is 10.2. The van der Waals surface area contributed by atoms with E-state index < -0.39 is 6.04 Å². The predicted octanol–water partition coefficient (Wildman–Crippen LogP) is 2.01. The van der Waals surface area contributed by atoms with Crippen LogP contribution in [0.1, 0.15) is 31.1 Å². The number of carbonyl (C=O) groups excluding carboxylic acids is 1. The Balaban J connectivity index is 1.70. The fraction of sp³-hybridized carbons (Fsp3) is 0.467. The molecule has 0 bridgehead atoms. The first kappa shape index (κ1) is 14.0. The van der Waals surface area contributed by atoms with Crippen LogP contribution in [0.2, 0.25) is 0 Å². The Morgan fingerprint density at radius 1 is 1.57 bits per heavy atom. The normalized spacial score (nSPS) is 16.1. The van der Waals surface area contributed by atoms with Crippen LogP contribution in [0, 0.1) is 0 Å². The monoisotopic (exact) mass is 289 g/mol. The van der Waals surface area contributed by atoms with Gasteiger partial charge in [-0.2, -0.15) is 0 Å². The summed E-state index contributed by atoms with van der Waals surface area (Å²) in [6.07, 6.45) is 2.77. The lowest BCUT2D eigenvalue weighted by atomic mass is 10.2. The van der Waals surface area contributed by atoms with Gasteiger partial charge in [-0.3, -0.25) is 4.79 Å². The number of anilines is 1. The first-order valence-electron chi connectivity index (χ1n) is 7.13. The van der Waals surface area contributed by atoms with Gasteiger partial charge in [0, 0.05) is 25.3 Å². The van der Waals surface area contributed by atoms with E-state index in [1.807, 2.05) is 12.1 Å². The van der Waals surface area contributed by atoms with Crippen molar-refractivity contribution in [2.75, 3.05) is 19.0 Å². The Labute approximate surface area is 122 Å². The maximum atomic E-state index is 11.9. The van der Waals surface area contributed by atoms with Crippen LogP contribution in [0.4, 0.5) is 5.69 Å². The number of benzene rings is 1. The number of aromatic nitrogens is 1. The smallest absolute Gasteiger partial charge is 0.241 e. The molecule has 1 aliphatic rings. The molecule has 1 aliphatic carbocycles. The molecule has 2 aromatic rings. The molecule has 3 N–H and O–H groups in total. The van der Waals surface area contributed by atoms with Crippen LogP contribution >= 0.6 is 0 Å². The summed E-state index contributed by atoms with van der Waals surface area (Å²) < 4.78 is 10.6. The molecule has 1 aromatic heterocycles. The molecule has 1 unspecified atom stereocenters. The number of fused-ring (bicyclic) bond motifs is 1. The van der Waals surface area contributed by atoms with Crippen molar-refractivity contribution in [1.82, 2.24) is 4.98 Å². The zero-order valence-electron chi connectivity index (χ0n) is 12.0. The number of hydrogen-bond acceptors (Lipinski definition) is 5. The molecule has 0 aliphatic heterocycles.